The molecule has 25 heavy (non-hydrogen) atoms. The summed E-state index contributed by atoms with van der Waals surface area (Å²) in [6.45, 7) is 2.56. The van der Waals surface area contributed by atoms with Crippen LogP contribution in [0.25, 0.3) is 0 Å². The number of rotatable bonds is 7. The molecule has 0 saturated carbocycles. The number of esters is 1. The van der Waals surface area contributed by atoms with Gasteiger partial charge >= 0.3 is 5.97 Å². The minimum Gasteiger partial charge on any atom is -0.466 e. The van der Waals surface area contributed by atoms with Gasteiger partial charge in [0, 0.05) is 13.1 Å². The Morgan fingerprint density at radius 2 is 2.16 bits per heavy atom. The van der Waals surface area contributed by atoms with Crippen molar-refractivity contribution in [2.24, 2.45) is 0 Å². The van der Waals surface area contributed by atoms with Crippen molar-refractivity contribution in [1.29, 1.82) is 0 Å². The number of hydrogen-bond donors (Lipinski definition) is 2. The number of para-hydroxylation sites is 1. The summed E-state index contributed by atoms with van der Waals surface area (Å²) >= 11 is 0. The van der Waals surface area contributed by atoms with Crippen molar-refractivity contribution in [1.82, 2.24) is 10.2 Å². The van der Waals surface area contributed by atoms with Crippen molar-refractivity contribution in [3.63, 3.8) is 0 Å². The van der Waals surface area contributed by atoms with E-state index in [0.29, 0.717) is 13.0 Å². The third-order valence-corrected chi connectivity index (χ3v) is 3.78. The normalized spacial score (nSPS) is 17.0. The Hall–Kier alpha value is -2.64. The number of ether oxygens (including phenoxy) is 1. The van der Waals surface area contributed by atoms with E-state index in [1.807, 2.05) is 6.92 Å². The van der Waals surface area contributed by atoms with Crippen LogP contribution < -0.4 is 10.6 Å². The molecule has 2 amide bonds. The van der Waals surface area contributed by atoms with Crippen LogP contribution in [0.3, 0.4) is 0 Å². The van der Waals surface area contributed by atoms with Crippen molar-refractivity contribution < 1.29 is 23.5 Å². The Kier molecular flexibility index (Phi) is 6.73. The van der Waals surface area contributed by atoms with Gasteiger partial charge in [0.05, 0.1) is 25.3 Å². The molecule has 1 aromatic rings. The second-order valence-corrected chi connectivity index (χ2v) is 5.65. The number of nitrogens with zero attached hydrogens (tertiary/aromatic N) is 1. The SMILES string of the molecule is CCCOC(=O)CC1C(=O)NCCN1C(=O)CNc1ccccc1F. The molecule has 136 valence electrons. The van der Waals surface area contributed by atoms with Gasteiger partial charge in [0.15, 0.2) is 0 Å². The first-order valence-electron chi connectivity index (χ1n) is 8.24. The van der Waals surface area contributed by atoms with Gasteiger partial charge in [0.1, 0.15) is 11.9 Å². The van der Waals surface area contributed by atoms with Gasteiger partial charge in [-0.15, -0.1) is 0 Å². The third-order valence-electron chi connectivity index (χ3n) is 3.78. The predicted octanol–water partition coefficient (Wildman–Crippen LogP) is 0.908. The summed E-state index contributed by atoms with van der Waals surface area (Å²) in [4.78, 5) is 37.6. The lowest BCUT2D eigenvalue weighted by Gasteiger charge is -2.34. The number of carbonyl (C=O) groups excluding carboxylic acids is 3. The van der Waals surface area contributed by atoms with Crippen LogP contribution in [-0.2, 0) is 19.1 Å². The molecule has 0 aromatic heterocycles. The molecule has 0 bridgehead atoms. The van der Waals surface area contributed by atoms with E-state index in [1.165, 1.54) is 17.0 Å². The molecule has 1 heterocycles. The van der Waals surface area contributed by atoms with Gasteiger partial charge in [-0.3, -0.25) is 14.4 Å². The molecule has 8 heteroatoms. The lowest BCUT2D eigenvalue weighted by molar-refractivity contribution is -0.151. The molecule has 1 atom stereocenters. The quantitative estimate of drug-likeness (QED) is 0.713. The lowest BCUT2D eigenvalue weighted by atomic mass is 10.1. The summed E-state index contributed by atoms with van der Waals surface area (Å²) in [5, 5.41) is 5.36. The highest BCUT2D eigenvalue weighted by Crippen LogP contribution is 2.14. The molecule has 1 fully saturated rings. The van der Waals surface area contributed by atoms with Crippen LogP contribution in [0.15, 0.2) is 24.3 Å². The molecule has 1 aliphatic heterocycles. The zero-order chi connectivity index (χ0) is 18.2. The average Bonchev–Trinajstić information content (AvgIpc) is 2.60. The smallest absolute Gasteiger partial charge is 0.308 e. The maximum atomic E-state index is 13.6. The first-order chi connectivity index (χ1) is 12.0. The number of benzene rings is 1. The molecule has 1 saturated heterocycles. The van der Waals surface area contributed by atoms with Crippen LogP contribution in [0, 0.1) is 5.82 Å². The second kappa shape index (κ2) is 9.00. The first-order valence-corrected chi connectivity index (χ1v) is 8.24. The summed E-state index contributed by atoms with van der Waals surface area (Å²) in [6, 6.07) is 5.10. The zero-order valence-corrected chi connectivity index (χ0v) is 14.1. The molecule has 1 aromatic carbocycles. The Bertz CT molecular complexity index is 638. The molecule has 1 unspecified atom stereocenters. The fraction of sp³-hybridized carbons (Fsp3) is 0.471. The van der Waals surface area contributed by atoms with Crippen molar-refractivity contribution in [3.05, 3.63) is 30.1 Å². The topological polar surface area (TPSA) is 87.7 Å². The number of halogens is 1. The number of nitrogens with one attached hydrogen (secondary N) is 2. The summed E-state index contributed by atoms with van der Waals surface area (Å²) in [5.74, 6) is -1.76. The Morgan fingerprint density at radius 3 is 2.88 bits per heavy atom. The number of anilines is 1. The molecule has 2 rings (SSSR count). The van der Waals surface area contributed by atoms with E-state index < -0.39 is 17.8 Å². The summed E-state index contributed by atoms with van der Waals surface area (Å²) < 4.78 is 18.6. The number of hydrogen-bond acceptors (Lipinski definition) is 5. The van der Waals surface area contributed by atoms with Crippen molar-refractivity contribution in [3.8, 4) is 0 Å². The van der Waals surface area contributed by atoms with Gasteiger partial charge in [-0.2, -0.15) is 0 Å². The minimum atomic E-state index is -0.909. The first kappa shape index (κ1) is 18.7. The van der Waals surface area contributed by atoms with Crippen LogP contribution >= 0.6 is 0 Å². The lowest BCUT2D eigenvalue weighted by Crippen LogP contribution is -2.58. The number of carbonyl (C=O) groups is 3. The van der Waals surface area contributed by atoms with Crippen LogP contribution in [0.1, 0.15) is 19.8 Å². The summed E-state index contributed by atoms with van der Waals surface area (Å²) in [7, 11) is 0. The Labute approximate surface area is 145 Å². The van der Waals surface area contributed by atoms with Crippen molar-refractivity contribution in [2.75, 3.05) is 31.6 Å². The molecular formula is C17H22FN3O4. The highest BCUT2D eigenvalue weighted by atomic mass is 19.1. The van der Waals surface area contributed by atoms with E-state index in [0.717, 1.165) is 0 Å². The van der Waals surface area contributed by atoms with E-state index >= 15 is 0 Å². The van der Waals surface area contributed by atoms with Gasteiger partial charge in [-0.25, -0.2) is 4.39 Å². The molecule has 0 aliphatic carbocycles. The second-order valence-electron chi connectivity index (χ2n) is 5.65. The molecule has 0 spiro atoms. The van der Waals surface area contributed by atoms with Crippen molar-refractivity contribution in [2.45, 2.75) is 25.8 Å². The third kappa shape index (κ3) is 5.17. The average molecular weight is 351 g/mol. The van der Waals surface area contributed by atoms with E-state index in [-0.39, 0.29) is 43.6 Å². The van der Waals surface area contributed by atoms with Crippen LogP contribution in [0.5, 0.6) is 0 Å². The largest absolute Gasteiger partial charge is 0.466 e. The molecule has 7 nitrogen and oxygen atoms in total. The van der Waals surface area contributed by atoms with E-state index in [4.69, 9.17) is 4.74 Å². The van der Waals surface area contributed by atoms with Gasteiger partial charge in [0.2, 0.25) is 11.8 Å². The number of piperazine rings is 1. The highest BCUT2D eigenvalue weighted by molar-refractivity contribution is 5.93. The standard InChI is InChI=1S/C17H22FN3O4/c1-2-9-25-16(23)10-14-17(24)19-7-8-21(14)15(22)11-20-13-6-4-3-5-12(13)18/h3-6,14,20H,2,7-11H2,1H3,(H,19,24). The minimum absolute atomic E-state index is 0.172. The predicted molar refractivity (Wildman–Crippen MR) is 89.3 cm³/mol. The Morgan fingerprint density at radius 1 is 1.40 bits per heavy atom. The van der Waals surface area contributed by atoms with E-state index in [9.17, 15) is 18.8 Å². The van der Waals surface area contributed by atoms with Crippen LogP contribution in [0.2, 0.25) is 0 Å². The van der Waals surface area contributed by atoms with E-state index in [1.54, 1.807) is 12.1 Å². The maximum absolute atomic E-state index is 13.6. The van der Waals surface area contributed by atoms with E-state index in [2.05, 4.69) is 10.6 Å². The van der Waals surface area contributed by atoms with Crippen molar-refractivity contribution >= 4 is 23.5 Å². The molecule has 1 aliphatic rings. The molecule has 0 radical (unpaired) electrons. The fourth-order valence-electron chi connectivity index (χ4n) is 2.53. The molecule has 2 N–H and O–H groups in total. The van der Waals surface area contributed by atoms with Gasteiger partial charge in [-0.05, 0) is 18.6 Å². The fourth-order valence-corrected chi connectivity index (χ4v) is 2.53. The summed E-state index contributed by atoms with van der Waals surface area (Å²) in [5.41, 5.74) is 0.205. The monoisotopic (exact) mass is 351 g/mol. The summed E-state index contributed by atoms with van der Waals surface area (Å²) in [6.07, 6.45) is 0.481. The zero-order valence-electron chi connectivity index (χ0n) is 14.1. The molecular weight excluding hydrogens is 329 g/mol. The number of amides is 2. The maximum Gasteiger partial charge on any atom is 0.308 e. The van der Waals surface area contributed by atoms with Gasteiger partial charge in [0.25, 0.3) is 0 Å². The van der Waals surface area contributed by atoms with Crippen LogP contribution in [0.4, 0.5) is 10.1 Å². The van der Waals surface area contributed by atoms with Gasteiger partial charge < -0.3 is 20.3 Å². The van der Waals surface area contributed by atoms with Gasteiger partial charge in [-0.1, -0.05) is 19.1 Å². The highest BCUT2D eigenvalue weighted by Gasteiger charge is 2.34. The Balaban J connectivity index is 1.98. The van der Waals surface area contributed by atoms with Crippen LogP contribution in [-0.4, -0.2) is 55.0 Å².